The molecular formula is C16H17BrClNO. The predicted octanol–water partition coefficient (Wildman–Crippen LogP) is 4.57. The normalized spacial score (nSPS) is 12.2. The van der Waals surface area contributed by atoms with E-state index in [0.29, 0.717) is 11.6 Å². The summed E-state index contributed by atoms with van der Waals surface area (Å²) >= 11 is 9.54. The van der Waals surface area contributed by atoms with Crippen molar-refractivity contribution in [3.05, 3.63) is 63.1 Å². The first-order chi connectivity index (χ1) is 9.54. The van der Waals surface area contributed by atoms with Crippen LogP contribution in [0.1, 0.15) is 18.1 Å². The van der Waals surface area contributed by atoms with Crippen molar-refractivity contribution in [2.45, 2.75) is 26.0 Å². The molecule has 1 unspecified atom stereocenters. The molecular weight excluding hydrogens is 338 g/mol. The van der Waals surface area contributed by atoms with Gasteiger partial charge in [-0.05, 0) is 43.2 Å². The Morgan fingerprint density at radius 1 is 1.20 bits per heavy atom. The molecule has 2 rings (SSSR count). The van der Waals surface area contributed by atoms with Gasteiger partial charge in [0.2, 0.25) is 0 Å². The predicted molar refractivity (Wildman–Crippen MR) is 87.3 cm³/mol. The summed E-state index contributed by atoms with van der Waals surface area (Å²) in [6.45, 7) is 2.46. The molecule has 106 valence electrons. The van der Waals surface area contributed by atoms with E-state index in [9.17, 15) is 0 Å². The Labute approximate surface area is 133 Å². The Bertz CT molecular complexity index is 569. The van der Waals surface area contributed by atoms with Gasteiger partial charge >= 0.3 is 0 Å². The van der Waals surface area contributed by atoms with Crippen molar-refractivity contribution in [3.8, 4) is 5.75 Å². The zero-order valence-corrected chi connectivity index (χ0v) is 13.6. The third-order valence-electron chi connectivity index (χ3n) is 2.89. The monoisotopic (exact) mass is 353 g/mol. The second-order valence-electron chi connectivity index (χ2n) is 4.85. The van der Waals surface area contributed by atoms with Crippen molar-refractivity contribution in [3.63, 3.8) is 0 Å². The second-order valence-corrected chi connectivity index (χ2v) is 6.17. The Morgan fingerprint density at radius 3 is 2.50 bits per heavy atom. The summed E-state index contributed by atoms with van der Waals surface area (Å²) in [4.78, 5) is 0. The average molecular weight is 355 g/mol. The minimum atomic E-state index is 0.170. The Morgan fingerprint density at radius 2 is 1.90 bits per heavy atom. The highest BCUT2D eigenvalue weighted by Gasteiger charge is 2.03. The van der Waals surface area contributed by atoms with Gasteiger partial charge in [0, 0.05) is 21.1 Å². The lowest BCUT2D eigenvalue weighted by Gasteiger charge is -2.10. The van der Waals surface area contributed by atoms with Crippen molar-refractivity contribution in [2.75, 3.05) is 0 Å². The van der Waals surface area contributed by atoms with Crippen LogP contribution in [0, 0.1) is 0 Å². The molecule has 0 fully saturated rings. The average Bonchev–Trinajstić information content (AvgIpc) is 2.39. The van der Waals surface area contributed by atoms with Gasteiger partial charge in [-0.2, -0.15) is 0 Å². The van der Waals surface area contributed by atoms with Gasteiger partial charge in [-0.25, -0.2) is 0 Å². The summed E-state index contributed by atoms with van der Waals surface area (Å²) in [5, 5.41) is 0.702. The van der Waals surface area contributed by atoms with Gasteiger partial charge in [-0.15, -0.1) is 0 Å². The highest BCUT2D eigenvalue weighted by atomic mass is 79.9. The van der Waals surface area contributed by atoms with Crippen molar-refractivity contribution in [2.24, 2.45) is 5.73 Å². The van der Waals surface area contributed by atoms with E-state index in [1.807, 2.05) is 49.4 Å². The van der Waals surface area contributed by atoms with Crippen molar-refractivity contribution in [1.82, 2.24) is 0 Å². The standard InChI is InChI=1S/C16H17BrClNO/c1-11(19)8-12-2-6-15(7-3-12)20-10-13-4-5-14(17)9-16(13)18/h2-7,9,11H,8,10,19H2,1H3. The van der Waals surface area contributed by atoms with Crippen LogP contribution in [0.5, 0.6) is 5.75 Å². The maximum atomic E-state index is 6.15. The van der Waals surface area contributed by atoms with Crippen molar-refractivity contribution < 1.29 is 4.74 Å². The Balaban J connectivity index is 1.96. The van der Waals surface area contributed by atoms with E-state index in [4.69, 9.17) is 22.1 Å². The number of hydrogen-bond acceptors (Lipinski definition) is 2. The number of ether oxygens (including phenoxy) is 1. The molecule has 0 saturated heterocycles. The van der Waals surface area contributed by atoms with Crippen LogP contribution in [0.15, 0.2) is 46.9 Å². The van der Waals surface area contributed by atoms with Crippen LogP contribution >= 0.6 is 27.5 Å². The number of rotatable bonds is 5. The minimum Gasteiger partial charge on any atom is -0.489 e. The molecule has 2 N–H and O–H groups in total. The quantitative estimate of drug-likeness (QED) is 0.853. The second kappa shape index (κ2) is 7.11. The Kier molecular flexibility index (Phi) is 5.46. The number of benzene rings is 2. The number of nitrogens with two attached hydrogens (primary N) is 1. The fraction of sp³-hybridized carbons (Fsp3) is 0.250. The van der Waals surface area contributed by atoms with Gasteiger partial charge < -0.3 is 10.5 Å². The fourth-order valence-corrected chi connectivity index (χ4v) is 2.62. The summed E-state index contributed by atoms with van der Waals surface area (Å²) in [7, 11) is 0. The van der Waals surface area contributed by atoms with E-state index >= 15 is 0 Å². The number of hydrogen-bond donors (Lipinski definition) is 1. The lowest BCUT2D eigenvalue weighted by Crippen LogP contribution is -2.17. The van der Waals surface area contributed by atoms with Crippen molar-refractivity contribution >= 4 is 27.5 Å². The third kappa shape index (κ3) is 4.51. The molecule has 0 aromatic heterocycles. The van der Waals surface area contributed by atoms with Gasteiger partial charge in [-0.1, -0.05) is 45.7 Å². The first-order valence-electron chi connectivity index (χ1n) is 6.46. The first-order valence-corrected chi connectivity index (χ1v) is 7.63. The first kappa shape index (κ1) is 15.4. The van der Waals surface area contributed by atoms with Crippen LogP contribution in [0.3, 0.4) is 0 Å². The lowest BCUT2D eigenvalue weighted by atomic mass is 10.1. The van der Waals surface area contributed by atoms with E-state index in [0.717, 1.165) is 22.2 Å². The summed E-state index contributed by atoms with van der Waals surface area (Å²) in [6.07, 6.45) is 0.874. The van der Waals surface area contributed by atoms with Gasteiger partial charge in [0.15, 0.2) is 0 Å². The molecule has 0 aliphatic heterocycles. The van der Waals surface area contributed by atoms with E-state index in [1.165, 1.54) is 5.56 Å². The van der Waals surface area contributed by atoms with Gasteiger partial charge in [0.05, 0.1) is 0 Å². The molecule has 0 spiro atoms. The summed E-state index contributed by atoms with van der Waals surface area (Å²) in [5.41, 5.74) is 7.96. The Hall–Kier alpha value is -1.03. The van der Waals surface area contributed by atoms with Crippen LogP contribution in [0.4, 0.5) is 0 Å². The number of halogens is 2. The molecule has 0 aliphatic carbocycles. The maximum absolute atomic E-state index is 6.15. The molecule has 1 atom stereocenters. The molecule has 4 heteroatoms. The van der Waals surface area contributed by atoms with Crippen LogP contribution < -0.4 is 10.5 Å². The lowest BCUT2D eigenvalue weighted by molar-refractivity contribution is 0.306. The van der Waals surface area contributed by atoms with Crippen LogP contribution in [0.2, 0.25) is 5.02 Å². The van der Waals surface area contributed by atoms with E-state index in [1.54, 1.807) is 0 Å². The summed E-state index contributed by atoms with van der Waals surface area (Å²) in [5.74, 6) is 0.831. The highest BCUT2D eigenvalue weighted by Crippen LogP contribution is 2.23. The molecule has 20 heavy (non-hydrogen) atoms. The summed E-state index contributed by atoms with van der Waals surface area (Å²) < 4.78 is 6.71. The van der Waals surface area contributed by atoms with E-state index < -0.39 is 0 Å². The SMILES string of the molecule is CC(N)Cc1ccc(OCc2ccc(Br)cc2Cl)cc1. The van der Waals surface area contributed by atoms with Crippen LogP contribution in [-0.2, 0) is 13.0 Å². The molecule has 2 aromatic rings. The van der Waals surface area contributed by atoms with Gasteiger partial charge in [0.1, 0.15) is 12.4 Å². The molecule has 2 aromatic carbocycles. The molecule has 0 radical (unpaired) electrons. The fourth-order valence-electron chi connectivity index (χ4n) is 1.89. The zero-order valence-electron chi connectivity index (χ0n) is 11.3. The molecule has 0 aliphatic rings. The maximum Gasteiger partial charge on any atom is 0.119 e. The molecule has 0 saturated carbocycles. The van der Waals surface area contributed by atoms with E-state index in [-0.39, 0.29) is 6.04 Å². The molecule has 2 nitrogen and oxygen atoms in total. The smallest absolute Gasteiger partial charge is 0.119 e. The van der Waals surface area contributed by atoms with Crippen molar-refractivity contribution in [1.29, 1.82) is 0 Å². The van der Waals surface area contributed by atoms with E-state index in [2.05, 4.69) is 15.9 Å². The molecule has 0 bridgehead atoms. The van der Waals surface area contributed by atoms with Gasteiger partial charge in [-0.3, -0.25) is 0 Å². The van der Waals surface area contributed by atoms with Crippen LogP contribution in [-0.4, -0.2) is 6.04 Å². The minimum absolute atomic E-state index is 0.170. The third-order valence-corrected chi connectivity index (χ3v) is 3.74. The summed E-state index contributed by atoms with van der Waals surface area (Å²) in [6, 6.07) is 14.0. The molecule has 0 amide bonds. The zero-order chi connectivity index (χ0) is 14.5. The topological polar surface area (TPSA) is 35.2 Å². The highest BCUT2D eigenvalue weighted by molar-refractivity contribution is 9.10. The largest absolute Gasteiger partial charge is 0.489 e. The van der Waals surface area contributed by atoms with Gasteiger partial charge in [0.25, 0.3) is 0 Å². The van der Waals surface area contributed by atoms with Crippen LogP contribution in [0.25, 0.3) is 0 Å². The molecule has 0 heterocycles.